The number of hydrazone groups is 1. The van der Waals surface area contributed by atoms with Gasteiger partial charge in [-0.05, 0) is 31.2 Å². The molecular weight excluding hydrogens is 346 g/mol. The van der Waals surface area contributed by atoms with Crippen molar-refractivity contribution >= 4 is 22.4 Å². The first-order valence-corrected chi connectivity index (χ1v) is 8.51. The van der Waals surface area contributed by atoms with Crippen molar-refractivity contribution in [2.24, 2.45) is 10.8 Å². The summed E-state index contributed by atoms with van der Waals surface area (Å²) in [6.07, 6.45) is 1.20. The van der Waals surface area contributed by atoms with Crippen LogP contribution in [0.1, 0.15) is 11.1 Å². The Hall–Kier alpha value is -3.07. The van der Waals surface area contributed by atoms with E-state index >= 15 is 0 Å². The van der Waals surface area contributed by atoms with Crippen molar-refractivity contribution in [3.8, 4) is 11.5 Å². The number of primary amides is 1. The molecule has 0 heterocycles. The van der Waals surface area contributed by atoms with Gasteiger partial charge in [0.05, 0.1) is 13.3 Å². The van der Waals surface area contributed by atoms with Crippen LogP contribution in [0.25, 0.3) is 0 Å². The molecule has 2 rings (SSSR count). The predicted molar refractivity (Wildman–Crippen MR) is 92.3 cm³/mol. The van der Waals surface area contributed by atoms with E-state index in [4.69, 9.17) is 14.7 Å². The molecule has 0 aliphatic rings. The van der Waals surface area contributed by atoms with Crippen LogP contribution in [0.4, 0.5) is 4.79 Å². The molecule has 2 amide bonds. The number of nitrogens with one attached hydrogen (secondary N) is 1. The lowest BCUT2D eigenvalue weighted by atomic mass is 10.2. The second kappa shape index (κ2) is 7.67. The van der Waals surface area contributed by atoms with Crippen molar-refractivity contribution in [3.05, 3.63) is 53.6 Å². The van der Waals surface area contributed by atoms with Gasteiger partial charge >= 0.3 is 16.1 Å². The Kier molecular flexibility index (Phi) is 5.60. The number of nitrogens with two attached hydrogens (primary N) is 1. The number of hydrogen-bond donors (Lipinski definition) is 2. The Bertz CT molecular complexity index is 892. The third-order valence-electron chi connectivity index (χ3n) is 3.11. The van der Waals surface area contributed by atoms with Gasteiger partial charge in [0.15, 0.2) is 11.5 Å². The van der Waals surface area contributed by atoms with Gasteiger partial charge in [-0.15, -0.1) is 0 Å². The van der Waals surface area contributed by atoms with E-state index in [1.54, 1.807) is 30.3 Å². The molecule has 0 spiro atoms. The van der Waals surface area contributed by atoms with Crippen molar-refractivity contribution in [2.75, 3.05) is 7.11 Å². The molecule has 0 fully saturated rings. The van der Waals surface area contributed by atoms with Crippen LogP contribution in [0.5, 0.6) is 11.5 Å². The van der Waals surface area contributed by atoms with Crippen molar-refractivity contribution in [2.45, 2.75) is 11.8 Å². The first kappa shape index (κ1) is 18.3. The number of methoxy groups -OCH3 is 1. The molecule has 0 bridgehead atoms. The summed E-state index contributed by atoms with van der Waals surface area (Å²) in [6, 6.07) is 10.1. The molecule has 132 valence electrons. The summed E-state index contributed by atoms with van der Waals surface area (Å²) in [7, 11) is -2.70. The third kappa shape index (κ3) is 4.70. The number of ether oxygens (including phenoxy) is 1. The minimum absolute atomic E-state index is 0.00200. The van der Waals surface area contributed by atoms with E-state index in [9.17, 15) is 13.2 Å². The summed E-state index contributed by atoms with van der Waals surface area (Å²) < 4.78 is 35.4. The third-order valence-corrected chi connectivity index (χ3v) is 4.35. The van der Waals surface area contributed by atoms with Gasteiger partial charge in [-0.2, -0.15) is 13.5 Å². The molecular formula is C16H17N3O5S. The fraction of sp³-hybridized carbons (Fsp3) is 0.125. The number of aryl methyl sites for hydroxylation is 1. The van der Waals surface area contributed by atoms with E-state index in [1.165, 1.54) is 25.5 Å². The lowest BCUT2D eigenvalue weighted by molar-refractivity contribution is 0.249. The van der Waals surface area contributed by atoms with Crippen molar-refractivity contribution in [1.82, 2.24) is 5.43 Å². The van der Waals surface area contributed by atoms with Crippen LogP contribution in [0.3, 0.4) is 0 Å². The van der Waals surface area contributed by atoms with Gasteiger partial charge in [-0.25, -0.2) is 10.2 Å². The van der Waals surface area contributed by atoms with E-state index < -0.39 is 16.1 Å². The highest BCUT2D eigenvalue weighted by molar-refractivity contribution is 7.87. The Labute approximate surface area is 145 Å². The Morgan fingerprint density at radius 2 is 1.88 bits per heavy atom. The Morgan fingerprint density at radius 3 is 2.48 bits per heavy atom. The molecule has 25 heavy (non-hydrogen) atoms. The molecule has 0 atom stereocenters. The van der Waals surface area contributed by atoms with Gasteiger partial charge in [0.1, 0.15) is 4.90 Å². The SMILES string of the molecule is COc1cccc(/C=N/NC(N)=O)c1OS(=O)(=O)c1ccc(C)cc1. The topological polar surface area (TPSA) is 120 Å². The van der Waals surface area contributed by atoms with Crippen LogP contribution >= 0.6 is 0 Å². The number of carbonyl (C=O) groups is 1. The highest BCUT2D eigenvalue weighted by Crippen LogP contribution is 2.32. The predicted octanol–water partition coefficient (Wildman–Crippen LogP) is 1.77. The van der Waals surface area contributed by atoms with Crippen LogP contribution in [0.2, 0.25) is 0 Å². The van der Waals surface area contributed by atoms with Crippen molar-refractivity contribution in [3.63, 3.8) is 0 Å². The first-order chi connectivity index (χ1) is 11.8. The number of carbonyl (C=O) groups excluding carboxylic acids is 1. The van der Waals surface area contributed by atoms with E-state index in [2.05, 4.69) is 5.10 Å². The quantitative estimate of drug-likeness (QED) is 0.460. The van der Waals surface area contributed by atoms with Crippen molar-refractivity contribution in [1.29, 1.82) is 0 Å². The molecule has 0 radical (unpaired) electrons. The summed E-state index contributed by atoms with van der Waals surface area (Å²) in [5, 5.41) is 3.61. The summed E-state index contributed by atoms with van der Waals surface area (Å²) in [5.41, 5.74) is 8.15. The minimum Gasteiger partial charge on any atom is -0.493 e. The number of amides is 2. The smallest absolute Gasteiger partial charge is 0.339 e. The van der Waals surface area contributed by atoms with Crippen LogP contribution < -0.4 is 20.1 Å². The fourth-order valence-corrected chi connectivity index (χ4v) is 2.88. The average Bonchev–Trinajstić information content (AvgIpc) is 2.56. The molecule has 0 unspecified atom stereocenters. The maximum atomic E-state index is 12.5. The monoisotopic (exact) mass is 363 g/mol. The van der Waals surface area contributed by atoms with Crippen LogP contribution in [-0.4, -0.2) is 27.8 Å². The van der Waals surface area contributed by atoms with E-state index in [0.29, 0.717) is 0 Å². The van der Waals surface area contributed by atoms with Crippen LogP contribution in [0, 0.1) is 6.92 Å². The molecule has 2 aromatic rings. The van der Waals surface area contributed by atoms with Gasteiger partial charge in [0.2, 0.25) is 0 Å². The maximum absolute atomic E-state index is 12.5. The molecule has 8 nitrogen and oxygen atoms in total. The molecule has 2 aromatic carbocycles. The normalized spacial score (nSPS) is 11.3. The highest BCUT2D eigenvalue weighted by Gasteiger charge is 2.21. The number of hydrogen-bond acceptors (Lipinski definition) is 6. The molecule has 0 saturated heterocycles. The fourth-order valence-electron chi connectivity index (χ4n) is 1.91. The number of benzene rings is 2. The number of nitrogens with zero attached hydrogens (tertiary/aromatic N) is 1. The number of rotatable bonds is 6. The Morgan fingerprint density at radius 1 is 1.20 bits per heavy atom. The zero-order valence-electron chi connectivity index (χ0n) is 13.6. The molecule has 0 aliphatic heterocycles. The maximum Gasteiger partial charge on any atom is 0.339 e. The van der Waals surface area contributed by atoms with Crippen LogP contribution in [-0.2, 0) is 10.1 Å². The van der Waals surface area contributed by atoms with Crippen molar-refractivity contribution < 1.29 is 22.1 Å². The summed E-state index contributed by atoms with van der Waals surface area (Å²) in [5.74, 6) is 0.138. The zero-order chi connectivity index (χ0) is 18.4. The second-order valence-electron chi connectivity index (χ2n) is 4.96. The van der Waals surface area contributed by atoms with Gasteiger partial charge in [-0.3, -0.25) is 0 Å². The molecule has 0 aromatic heterocycles. The average molecular weight is 363 g/mol. The Balaban J connectivity index is 2.41. The second-order valence-corrected chi connectivity index (χ2v) is 6.51. The molecule has 9 heteroatoms. The molecule has 0 aliphatic carbocycles. The largest absolute Gasteiger partial charge is 0.493 e. The van der Waals surface area contributed by atoms with Crippen LogP contribution in [0.15, 0.2) is 52.5 Å². The summed E-state index contributed by atoms with van der Waals surface area (Å²) in [6.45, 7) is 1.85. The number of urea groups is 1. The molecule has 0 saturated carbocycles. The minimum atomic E-state index is -4.08. The van der Waals surface area contributed by atoms with Gasteiger partial charge < -0.3 is 14.7 Å². The van der Waals surface area contributed by atoms with Gasteiger partial charge in [-0.1, -0.05) is 23.8 Å². The van der Waals surface area contributed by atoms with E-state index in [0.717, 1.165) is 5.56 Å². The van der Waals surface area contributed by atoms with Gasteiger partial charge in [0.25, 0.3) is 0 Å². The summed E-state index contributed by atoms with van der Waals surface area (Å²) >= 11 is 0. The molecule has 3 N–H and O–H groups in total. The lowest BCUT2D eigenvalue weighted by Gasteiger charge is -2.13. The van der Waals surface area contributed by atoms with E-state index in [1.807, 2.05) is 12.3 Å². The zero-order valence-corrected chi connectivity index (χ0v) is 14.4. The summed E-state index contributed by atoms with van der Waals surface area (Å²) in [4.78, 5) is 10.7. The first-order valence-electron chi connectivity index (χ1n) is 7.10. The van der Waals surface area contributed by atoms with E-state index in [-0.39, 0.29) is 22.0 Å². The highest BCUT2D eigenvalue weighted by atomic mass is 32.2. The lowest BCUT2D eigenvalue weighted by Crippen LogP contribution is -2.24. The van der Waals surface area contributed by atoms with Gasteiger partial charge in [0, 0.05) is 5.56 Å². The standard InChI is InChI=1S/C16H17N3O5S/c1-11-6-8-13(9-7-11)25(21,22)24-15-12(10-18-19-16(17)20)4-3-5-14(15)23-2/h3-10H,1-2H3,(H3,17,19,20)/b18-10+. The number of para-hydroxylation sites is 1.